The predicted octanol–water partition coefficient (Wildman–Crippen LogP) is 2.79. The van der Waals surface area contributed by atoms with Crippen LogP contribution in [0.15, 0.2) is 18.2 Å². The Kier molecular flexibility index (Phi) is 4.88. The van der Waals surface area contributed by atoms with E-state index in [1.54, 1.807) is 6.07 Å². The molecule has 0 saturated heterocycles. The van der Waals surface area contributed by atoms with Crippen LogP contribution >= 0.6 is 34.2 Å². The van der Waals surface area contributed by atoms with Crippen LogP contribution in [-0.4, -0.2) is 26.5 Å². The second-order valence-corrected chi connectivity index (χ2v) is 7.55. The Hall–Kier alpha value is -0.0100. The molecule has 1 unspecified atom stereocenters. The van der Waals surface area contributed by atoms with Crippen molar-refractivity contribution in [2.24, 2.45) is 0 Å². The first-order chi connectivity index (χ1) is 7.28. The highest BCUT2D eigenvalue weighted by Gasteiger charge is 2.11. The van der Waals surface area contributed by atoms with Gasteiger partial charge in [-0.25, -0.2) is 8.42 Å². The van der Waals surface area contributed by atoms with Gasteiger partial charge in [0, 0.05) is 26.6 Å². The zero-order chi connectivity index (χ0) is 12.3. The van der Waals surface area contributed by atoms with E-state index in [4.69, 9.17) is 11.6 Å². The molecular weight excluding hydrogens is 361 g/mol. The summed E-state index contributed by atoms with van der Waals surface area (Å²) < 4.78 is 23.2. The number of nitrogens with one attached hydrogen (secondary N) is 1. The largest absolute Gasteiger partial charge is 0.381 e. The summed E-state index contributed by atoms with van der Waals surface area (Å²) in [6.45, 7) is 1.84. The summed E-state index contributed by atoms with van der Waals surface area (Å²) in [5.74, 6) is 0.117. The molecule has 90 valence electrons. The van der Waals surface area contributed by atoms with Crippen molar-refractivity contribution in [2.45, 2.75) is 13.0 Å². The molecule has 0 amide bonds. The lowest BCUT2D eigenvalue weighted by molar-refractivity contribution is 0.598. The Labute approximate surface area is 115 Å². The lowest BCUT2D eigenvalue weighted by atomic mass is 10.3. The maximum atomic E-state index is 11.1. The zero-order valence-corrected chi connectivity index (χ0v) is 12.7. The van der Waals surface area contributed by atoms with Crippen LogP contribution < -0.4 is 5.32 Å². The molecule has 1 atom stereocenters. The Morgan fingerprint density at radius 2 is 2.12 bits per heavy atom. The first-order valence-corrected chi connectivity index (χ1v) is 8.19. The van der Waals surface area contributed by atoms with E-state index in [1.165, 1.54) is 6.26 Å². The molecule has 0 heterocycles. The maximum Gasteiger partial charge on any atom is 0.149 e. The Morgan fingerprint density at radius 3 is 2.62 bits per heavy atom. The average Bonchev–Trinajstić information content (AvgIpc) is 2.06. The van der Waals surface area contributed by atoms with E-state index in [-0.39, 0.29) is 11.8 Å². The fraction of sp³-hybridized carbons (Fsp3) is 0.400. The molecule has 0 fully saturated rings. The lowest BCUT2D eigenvalue weighted by Crippen LogP contribution is -2.25. The van der Waals surface area contributed by atoms with Crippen LogP contribution in [0.3, 0.4) is 0 Å². The van der Waals surface area contributed by atoms with Gasteiger partial charge in [-0.05, 0) is 47.7 Å². The highest BCUT2D eigenvalue weighted by molar-refractivity contribution is 14.1. The van der Waals surface area contributed by atoms with Crippen molar-refractivity contribution < 1.29 is 8.42 Å². The summed E-state index contributed by atoms with van der Waals surface area (Å²) in [6.07, 6.45) is 1.23. The van der Waals surface area contributed by atoms with Crippen LogP contribution in [0.4, 0.5) is 5.69 Å². The SMILES string of the molecule is CC(CS(C)(=O)=O)Nc1ccc(Cl)cc1I. The smallest absolute Gasteiger partial charge is 0.149 e. The summed E-state index contributed by atoms with van der Waals surface area (Å²) in [4.78, 5) is 0. The van der Waals surface area contributed by atoms with Gasteiger partial charge in [0.1, 0.15) is 9.84 Å². The summed E-state index contributed by atoms with van der Waals surface area (Å²) in [5, 5.41) is 3.82. The molecule has 6 heteroatoms. The molecule has 1 aromatic rings. The first kappa shape index (κ1) is 14.1. The quantitative estimate of drug-likeness (QED) is 0.826. The third-order valence-corrected chi connectivity index (χ3v) is 4.12. The fourth-order valence-electron chi connectivity index (χ4n) is 1.37. The third-order valence-electron chi connectivity index (χ3n) is 1.89. The maximum absolute atomic E-state index is 11.1. The van der Waals surface area contributed by atoms with Gasteiger partial charge in [-0.1, -0.05) is 11.6 Å². The molecule has 16 heavy (non-hydrogen) atoms. The first-order valence-electron chi connectivity index (χ1n) is 4.67. The van der Waals surface area contributed by atoms with E-state index >= 15 is 0 Å². The van der Waals surface area contributed by atoms with Gasteiger partial charge in [-0.2, -0.15) is 0 Å². The number of halogens is 2. The van der Waals surface area contributed by atoms with Gasteiger partial charge in [0.25, 0.3) is 0 Å². The second kappa shape index (κ2) is 5.55. The van der Waals surface area contributed by atoms with E-state index in [9.17, 15) is 8.42 Å². The summed E-state index contributed by atoms with van der Waals surface area (Å²) >= 11 is 7.99. The highest BCUT2D eigenvalue weighted by Crippen LogP contribution is 2.22. The van der Waals surface area contributed by atoms with Crippen molar-refractivity contribution in [2.75, 3.05) is 17.3 Å². The number of benzene rings is 1. The Balaban J connectivity index is 2.73. The van der Waals surface area contributed by atoms with Gasteiger partial charge < -0.3 is 5.32 Å². The molecule has 0 bridgehead atoms. The molecule has 0 aliphatic carbocycles. The molecule has 0 spiro atoms. The van der Waals surface area contributed by atoms with E-state index in [2.05, 4.69) is 27.9 Å². The monoisotopic (exact) mass is 373 g/mol. The number of hydrogen-bond acceptors (Lipinski definition) is 3. The predicted molar refractivity (Wildman–Crippen MR) is 77.0 cm³/mol. The summed E-state index contributed by atoms with van der Waals surface area (Å²) in [7, 11) is -2.96. The van der Waals surface area contributed by atoms with Crippen molar-refractivity contribution in [3.05, 3.63) is 26.8 Å². The van der Waals surface area contributed by atoms with Crippen molar-refractivity contribution in [3.8, 4) is 0 Å². The van der Waals surface area contributed by atoms with Crippen LogP contribution in [0.25, 0.3) is 0 Å². The van der Waals surface area contributed by atoms with Crippen LogP contribution in [0.1, 0.15) is 6.92 Å². The third kappa shape index (κ3) is 4.88. The molecule has 1 rings (SSSR count). The van der Waals surface area contributed by atoms with E-state index in [0.29, 0.717) is 5.02 Å². The number of sulfone groups is 1. The van der Waals surface area contributed by atoms with Gasteiger partial charge in [0.05, 0.1) is 5.75 Å². The van der Waals surface area contributed by atoms with E-state index < -0.39 is 9.84 Å². The Morgan fingerprint density at radius 1 is 1.50 bits per heavy atom. The average molecular weight is 374 g/mol. The molecule has 1 N–H and O–H groups in total. The standard InChI is InChI=1S/C10H13ClINO2S/c1-7(6-16(2,14)15)13-10-4-3-8(11)5-9(10)12/h3-5,7,13H,6H2,1-2H3. The second-order valence-electron chi connectivity index (χ2n) is 3.76. The van der Waals surface area contributed by atoms with Crippen molar-refractivity contribution in [3.63, 3.8) is 0 Å². The summed E-state index contributed by atoms with van der Waals surface area (Å²) in [5.41, 5.74) is 0.904. The fourth-order valence-corrected chi connectivity index (χ4v) is 3.39. The van der Waals surface area contributed by atoms with Crippen molar-refractivity contribution in [1.82, 2.24) is 0 Å². The summed E-state index contributed by atoms with van der Waals surface area (Å²) in [6, 6.07) is 5.34. The molecule has 3 nitrogen and oxygen atoms in total. The van der Waals surface area contributed by atoms with Gasteiger partial charge in [-0.3, -0.25) is 0 Å². The van der Waals surface area contributed by atoms with Gasteiger partial charge in [0.15, 0.2) is 0 Å². The van der Waals surface area contributed by atoms with Gasteiger partial charge in [0.2, 0.25) is 0 Å². The molecule has 0 aliphatic rings. The van der Waals surface area contributed by atoms with Gasteiger partial charge >= 0.3 is 0 Å². The minimum absolute atomic E-state index is 0.117. The molecule has 1 aromatic carbocycles. The number of hydrogen-bond donors (Lipinski definition) is 1. The normalized spacial score (nSPS) is 13.5. The molecular formula is C10H13ClINO2S. The Bertz CT molecular complexity index is 476. The van der Waals surface area contributed by atoms with Crippen LogP contribution in [0, 0.1) is 3.57 Å². The number of rotatable bonds is 4. The molecule has 0 radical (unpaired) electrons. The van der Waals surface area contributed by atoms with Crippen LogP contribution in [-0.2, 0) is 9.84 Å². The number of anilines is 1. The highest BCUT2D eigenvalue weighted by atomic mass is 127. The zero-order valence-electron chi connectivity index (χ0n) is 9.00. The molecule has 0 aromatic heterocycles. The topological polar surface area (TPSA) is 46.2 Å². The van der Waals surface area contributed by atoms with E-state index in [1.807, 2.05) is 19.1 Å². The van der Waals surface area contributed by atoms with Crippen molar-refractivity contribution in [1.29, 1.82) is 0 Å². The minimum atomic E-state index is -2.96. The molecule has 0 saturated carbocycles. The van der Waals surface area contributed by atoms with Crippen LogP contribution in [0.5, 0.6) is 0 Å². The van der Waals surface area contributed by atoms with Gasteiger partial charge in [-0.15, -0.1) is 0 Å². The molecule has 0 aliphatic heterocycles. The van der Waals surface area contributed by atoms with Crippen molar-refractivity contribution >= 4 is 49.7 Å². The lowest BCUT2D eigenvalue weighted by Gasteiger charge is -2.15. The van der Waals surface area contributed by atoms with Crippen LogP contribution in [0.2, 0.25) is 5.02 Å². The van der Waals surface area contributed by atoms with E-state index in [0.717, 1.165) is 9.26 Å². The minimum Gasteiger partial charge on any atom is -0.381 e.